The number of nitrogens with one attached hydrogen (secondary N) is 1. The highest BCUT2D eigenvalue weighted by Crippen LogP contribution is 2.23. The number of benzene rings is 2. The maximum absolute atomic E-state index is 12.2. The van der Waals surface area contributed by atoms with Gasteiger partial charge in [0.05, 0.1) is 30.3 Å². The van der Waals surface area contributed by atoms with Crippen LogP contribution in [-0.4, -0.2) is 29.2 Å². The number of carbonyl (C=O) groups is 1. The van der Waals surface area contributed by atoms with Crippen molar-refractivity contribution in [1.29, 1.82) is 0 Å². The van der Waals surface area contributed by atoms with E-state index >= 15 is 0 Å². The molecular formula is C18H17BrN2O4. The molecule has 25 heavy (non-hydrogen) atoms. The van der Waals surface area contributed by atoms with Gasteiger partial charge in [0, 0.05) is 11.0 Å². The van der Waals surface area contributed by atoms with Crippen LogP contribution in [0.4, 0.5) is 0 Å². The summed E-state index contributed by atoms with van der Waals surface area (Å²) in [6, 6.07) is 12.6. The summed E-state index contributed by atoms with van der Waals surface area (Å²) in [6.45, 7) is 0.684. The van der Waals surface area contributed by atoms with Crippen LogP contribution in [0.5, 0.6) is 5.75 Å². The van der Waals surface area contributed by atoms with Gasteiger partial charge in [-0.2, -0.15) is 0 Å². The number of hydrogen-bond donors (Lipinski definition) is 1. The number of nitrogens with zero attached hydrogens (tertiary/aromatic N) is 1. The van der Waals surface area contributed by atoms with Gasteiger partial charge in [-0.05, 0) is 52.7 Å². The summed E-state index contributed by atoms with van der Waals surface area (Å²) in [5.74, 6) is 0.151. The van der Waals surface area contributed by atoms with Crippen molar-refractivity contribution in [2.75, 3.05) is 13.7 Å². The number of methoxy groups -OCH3 is 1. The van der Waals surface area contributed by atoms with Crippen molar-refractivity contribution < 1.29 is 14.3 Å². The van der Waals surface area contributed by atoms with Gasteiger partial charge in [-0.1, -0.05) is 12.1 Å². The highest BCUT2D eigenvalue weighted by atomic mass is 79.9. The number of hydrogen-bond acceptors (Lipinski definition) is 4. The van der Waals surface area contributed by atoms with Crippen LogP contribution in [0.3, 0.4) is 0 Å². The Morgan fingerprint density at radius 1 is 1.24 bits per heavy atom. The number of imidazole rings is 1. The van der Waals surface area contributed by atoms with Crippen molar-refractivity contribution in [1.82, 2.24) is 9.55 Å². The second kappa shape index (κ2) is 7.57. The Labute approximate surface area is 152 Å². The molecule has 6 nitrogen and oxygen atoms in total. The second-order valence-electron chi connectivity index (χ2n) is 5.43. The van der Waals surface area contributed by atoms with Gasteiger partial charge >= 0.3 is 11.7 Å². The first-order valence-corrected chi connectivity index (χ1v) is 8.57. The zero-order chi connectivity index (χ0) is 17.8. The Morgan fingerprint density at radius 3 is 2.84 bits per heavy atom. The number of aryl methyl sites for hydroxylation is 1. The van der Waals surface area contributed by atoms with E-state index in [-0.39, 0.29) is 12.3 Å². The largest absolute Gasteiger partial charge is 0.497 e. The average molecular weight is 405 g/mol. The van der Waals surface area contributed by atoms with Gasteiger partial charge in [-0.3, -0.25) is 4.57 Å². The highest BCUT2D eigenvalue weighted by molar-refractivity contribution is 9.10. The van der Waals surface area contributed by atoms with Crippen LogP contribution in [-0.2, 0) is 11.3 Å². The molecule has 7 heteroatoms. The van der Waals surface area contributed by atoms with Crippen LogP contribution in [0, 0.1) is 0 Å². The van der Waals surface area contributed by atoms with E-state index in [1.807, 2.05) is 24.3 Å². The molecule has 3 aromatic rings. The summed E-state index contributed by atoms with van der Waals surface area (Å²) >= 11 is 3.33. The summed E-state index contributed by atoms with van der Waals surface area (Å²) in [4.78, 5) is 27.0. The summed E-state index contributed by atoms with van der Waals surface area (Å²) in [5.41, 5.74) is 1.88. The fraction of sp³-hybridized carbons (Fsp3) is 0.222. The minimum absolute atomic E-state index is 0.164. The lowest BCUT2D eigenvalue weighted by Gasteiger charge is -2.08. The number of fused-ring (bicyclic) bond motifs is 1. The number of carbonyl (C=O) groups excluding carboxylic acids is 1. The van der Waals surface area contributed by atoms with Crippen molar-refractivity contribution in [3.05, 3.63) is 63.0 Å². The van der Waals surface area contributed by atoms with E-state index in [2.05, 4.69) is 20.9 Å². The number of rotatable bonds is 6. The Balaban J connectivity index is 1.61. The van der Waals surface area contributed by atoms with Crippen LogP contribution >= 0.6 is 15.9 Å². The first-order chi connectivity index (χ1) is 12.1. The summed E-state index contributed by atoms with van der Waals surface area (Å²) in [5, 5.41) is 0. The van der Waals surface area contributed by atoms with E-state index in [4.69, 9.17) is 9.47 Å². The van der Waals surface area contributed by atoms with Gasteiger partial charge in [0.25, 0.3) is 0 Å². The molecular weight excluding hydrogens is 388 g/mol. The minimum Gasteiger partial charge on any atom is -0.497 e. The number of aromatic nitrogens is 2. The Kier molecular flexibility index (Phi) is 5.23. The van der Waals surface area contributed by atoms with E-state index in [1.165, 1.54) is 7.11 Å². The molecule has 0 atom stereocenters. The molecule has 130 valence electrons. The van der Waals surface area contributed by atoms with Crippen LogP contribution in [0.2, 0.25) is 0 Å². The molecule has 3 rings (SSSR count). The van der Waals surface area contributed by atoms with Crippen molar-refractivity contribution in [3.63, 3.8) is 0 Å². The van der Waals surface area contributed by atoms with Crippen molar-refractivity contribution in [2.45, 2.75) is 13.0 Å². The average Bonchev–Trinajstić information content (AvgIpc) is 2.94. The molecule has 0 fully saturated rings. The fourth-order valence-corrected chi connectivity index (χ4v) is 2.99. The van der Waals surface area contributed by atoms with Crippen molar-refractivity contribution >= 4 is 32.9 Å². The smallest absolute Gasteiger partial charge is 0.339 e. The van der Waals surface area contributed by atoms with E-state index in [0.717, 1.165) is 11.0 Å². The van der Waals surface area contributed by atoms with Gasteiger partial charge in [-0.25, -0.2) is 9.59 Å². The third-order valence-corrected chi connectivity index (χ3v) is 4.53. The van der Waals surface area contributed by atoms with Crippen molar-refractivity contribution in [3.8, 4) is 5.75 Å². The Morgan fingerprint density at radius 2 is 2.04 bits per heavy atom. The molecule has 1 aromatic heterocycles. The van der Waals surface area contributed by atoms with Gasteiger partial charge in [0.2, 0.25) is 0 Å². The van der Waals surface area contributed by atoms with Crippen LogP contribution < -0.4 is 10.4 Å². The number of esters is 1. The number of H-pyrrole nitrogens is 1. The number of halogens is 1. The quantitative estimate of drug-likeness (QED) is 0.504. The van der Waals surface area contributed by atoms with Crippen LogP contribution in [0.1, 0.15) is 16.8 Å². The molecule has 1 N–H and O–H groups in total. The first-order valence-electron chi connectivity index (χ1n) is 7.78. The Bertz CT molecular complexity index is 961. The standard InChI is InChI=1S/C18H17BrN2O4/c1-24-12-7-8-14(19)13(11-12)17(22)25-10-4-9-21-16-6-3-2-5-15(16)20-18(21)23/h2-3,5-8,11H,4,9-10H2,1H3,(H,20,23). The van der Waals surface area contributed by atoms with Gasteiger partial charge < -0.3 is 14.5 Å². The molecule has 0 aliphatic rings. The van der Waals surface area contributed by atoms with E-state index in [0.29, 0.717) is 28.8 Å². The van der Waals surface area contributed by atoms with Gasteiger partial charge in [-0.15, -0.1) is 0 Å². The second-order valence-corrected chi connectivity index (χ2v) is 6.29. The monoisotopic (exact) mass is 404 g/mol. The van der Waals surface area contributed by atoms with E-state index < -0.39 is 5.97 Å². The number of ether oxygens (including phenoxy) is 2. The SMILES string of the molecule is COc1ccc(Br)c(C(=O)OCCCn2c(=O)[nH]c3ccccc32)c1. The lowest BCUT2D eigenvalue weighted by atomic mass is 10.2. The minimum atomic E-state index is -0.433. The zero-order valence-electron chi connectivity index (χ0n) is 13.6. The molecule has 1 heterocycles. The van der Waals surface area contributed by atoms with Gasteiger partial charge in [0.15, 0.2) is 0 Å². The molecule has 0 saturated heterocycles. The summed E-state index contributed by atoms with van der Waals surface area (Å²) in [7, 11) is 1.54. The third kappa shape index (κ3) is 3.76. The fourth-order valence-electron chi connectivity index (χ4n) is 2.58. The third-order valence-electron chi connectivity index (χ3n) is 3.83. The van der Waals surface area contributed by atoms with Crippen molar-refractivity contribution in [2.24, 2.45) is 0 Å². The highest BCUT2D eigenvalue weighted by Gasteiger charge is 2.13. The van der Waals surface area contributed by atoms with Crippen LogP contribution in [0.15, 0.2) is 51.7 Å². The normalized spacial score (nSPS) is 10.8. The molecule has 0 aliphatic heterocycles. The molecule has 0 aliphatic carbocycles. The zero-order valence-corrected chi connectivity index (χ0v) is 15.2. The lowest BCUT2D eigenvalue weighted by molar-refractivity contribution is 0.0494. The predicted molar refractivity (Wildman–Crippen MR) is 98.2 cm³/mol. The van der Waals surface area contributed by atoms with E-state index in [9.17, 15) is 9.59 Å². The van der Waals surface area contributed by atoms with Crippen LogP contribution in [0.25, 0.3) is 11.0 Å². The molecule has 0 amide bonds. The topological polar surface area (TPSA) is 73.3 Å². The summed E-state index contributed by atoms with van der Waals surface area (Å²) < 4.78 is 12.7. The van der Waals surface area contributed by atoms with E-state index in [1.54, 1.807) is 22.8 Å². The molecule has 0 spiro atoms. The molecule has 0 bridgehead atoms. The van der Waals surface area contributed by atoms with Gasteiger partial charge in [0.1, 0.15) is 5.75 Å². The maximum atomic E-state index is 12.2. The maximum Gasteiger partial charge on any atom is 0.339 e. The molecule has 0 radical (unpaired) electrons. The predicted octanol–water partition coefficient (Wildman–Crippen LogP) is 3.35. The molecule has 0 unspecified atom stereocenters. The summed E-state index contributed by atoms with van der Waals surface area (Å²) in [6.07, 6.45) is 0.537. The Hall–Kier alpha value is -2.54. The lowest BCUT2D eigenvalue weighted by Crippen LogP contribution is -2.18. The number of para-hydroxylation sites is 2. The molecule has 2 aromatic carbocycles. The number of aromatic amines is 1. The molecule has 0 saturated carbocycles. The first kappa shape index (κ1) is 17.3.